The van der Waals surface area contributed by atoms with Crippen LogP contribution in [0.15, 0.2) is 11.1 Å². The number of hydrogen-bond donors (Lipinski definition) is 1. The van der Waals surface area contributed by atoms with Gasteiger partial charge in [-0.05, 0) is 101 Å². The van der Waals surface area contributed by atoms with Crippen LogP contribution in [-0.2, 0) is 9.53 Å². The summed E-state index contributed by atoms with van der Waals surface area (Å²) >= 11 is 0. The van der Waals surface area contributed by atoms with E-state index in [1.807, 2.05) is 25.7 Å². The highest BCUT2D eigenvalue weighted by Gasteiger charge is 2.58. The molecule has 0 aromatic rings. The first kappa shape index (κ1) is 27.5. The zero-order valence-electron chi connectivity index (χ0n) is 23.9. The molecule has 5 atom stereocenters. The van der Waals surface area contributed by atoms with Crippen molar-refractivity contribution in [3.63, 3.8) is 0 Å². The molecule has 0 bridgehead atoms. The van der Waals surface area contributed by atoms with Gasteiger partial charge in [-0.1, -0.05) is 31.9 Å². The van der Waals surface area contributed by atoms with Crippen molar-refractivity contribution in [2.45, 2.75) is 112 Å². The number of aliphatic hydroxyl groups excluding tert-OH is 1. The third-order valence-electron chi connectivity index (χ3n) is 10.3. The second-order valence-electron chi connectivity index (χ2n) is 13.9. The van der Waals surface area contributed by atoms with Crippen LogP contribution in [0.4, 0.5) is 4.79 Å². The summed E-state index contributed by atoms with van der Waals surface area (Å²) in [5, 5.41) is 10.8. The van der Waals surface area contributed by atoms with Gasteiger partial charge < -0.3 is 19.6 Å². The highest BCUT2D eigenvalue weighted by atomic mass is 16.6. The van der Waals surface area contributed by atoms with E-state index in [0.717, 1.165) is 25.7 Å². The number of fused-ring (bicyclic) bond motifs is 3. The van der Waals surface area contributed by atoms with Crippen molar-refractivity contribution >= 4 is 12.0 Å². The minimum Gasteiger partial charge on any atom is -0.444 e. The predicted octanol–water partition coefficient (Wildman–Crippen LogP) is 5.79. The SMILES string of the molecule is CC1=C(CCC(=O)N2CCN(C(=O)OC(C)(C)C)CC2)C2CCC3C(C)(C)C(O)CC[C@]3(C)[C@H]2CC1. The third-order valence-corrected chi connectivity index (χ3v) is 10.3. The van der Waals surface area contributed by atoms with Gasteiger partial charge in [0.25, 0.3) is 0 Å². The van der Waals surface area contributed by atoms with E-state index in [4.69, 9.17) is 4.74 Å². The van der Waals surface area contributed by atoms with E-state index in [2.05, 4.69) is 27.7 Å². The molecule has 3 fully saturated rings. The molecule has 0 aromatic carbocycles. The number of rotatable bonds is 3. The number of carbonyl (C=O) groups is 2. The molecular formula is C30H50N2O4. The highest BCUT2D eigenvalue weighted by Crippen LogP contribution is 2.64. The zero-order valence-corrected chi connectivity index (χ0v) is 23.9. The number of nitrogens with zero attached hydrogens (tertiary/aromatic N) is 2. The minimum absolute atomic E-state index is 0.0221. The lowest BCUT2D eigenvalue weighted by molar-refractivity contribution is -0.149. The molecule has 2 amide bonds. The monoisotopic (exact) mass is 502 g/mol. The standard InChI is InChI=1S/C30H50N2O4/c1-20-8-11-23-22(9-12-24-29(5,6)25(33)14-15-30(23,24)7)21(20)10-13-26(34)31-16-18-32(19-17-31)27(35)36-28(2,3)4/h22-25,33H,8-19H2,1-7H3/t22?,23-,24?,25?,30+/m0/s1. The Kier molecular flexibility index (Phi) is 7.60. The Bertz CT molecular complexity index is 880. The molecule has 204 valence electrons. The van der Waals surface area contributed by atoms with Crippen LogP contribution in [-0.4, -0.2) is 64.8 Å². The topological polar surface area (TPSA) is 70.1 Å². The Morgan fingerprint density at radius 3 is 2.28 bits per heavy atom. The van der Waals surface area contributed by atoms with Crippen molar-refractivity contribution in [3.8, 4) is 0 Å². The maximum atomic E-state index is 13.2. The van der Waals surface area contributed by atoms with Gasteiger partial charge in [-0.25, -0.2) is 4.79 Å². The van der Waals surface area contributed by atoms with Gasteiger partial charge in [-0.2, -0.15) is 0 Å². The molecule has 0 radical (unpaired) electrons. The normalized spacial score (nSPS) is 34.7. The molecule has 36 heavy (non-hydrogen) atoms. The first-order valence-electron chi connectivity index (χ1n) is 14.4. The fourth-order valence-electron chi connectivity index (χ4n) is 8.29. The Balaban J connectivity index is 1.36. The van der Waals surface area contributed by atoms with Crippen molar-refractivity contribution in [3.05, 3.63) is 11.1 Å². The lowest BCUT2D eigenvalue weighted by Crippen LogP contribution is -2.56. The van der Waals surface area contributed by atoms with E-state index in [0.29, 0.717) is 50.4 Å². The third kappa shape index (κ3) is 5.21. The second-order valence-corrected chi connectivity index (χ2v) is 13.9. The highest BCUT2D eigenvalue weighted by molar-refractivity contribution is 5.77. The summed E-state index contributed by atoms with van der Waals surface area (Å²) in [7, 11) is 0. The van der Waals surface area contributed by atoms with Gasteiger partial charge in [0.2, 0.25) is 5.91 Å². The molecule has 6 heteroatoms. The first-order valence-corrected chi connectivity index (χ1v) is 14.4. The Labute approximate surface area is 218 Å². The predicted molar refractivity (Wildman–Crippen MR) is 142 cm³/mol. The van der Waals surface area contributed by atoms with Crippen LogP contribution in [0.2, 0.25) is 0 Å². The molecule has 6 nitrogen and oxygen atoms in total. The van der Waals surface area contributed by atoms with Gasteiger partial charge in [0.1, 0.15) is 5.60 Å². The van der Waals surface area contributed by atoms with Crippen LogP contribution < -0.4 is 0 Å². The van der Waals surface area contributed by atoms with E-state index >= 15 is 0 Å². The van der Waals surface area contributed by atoms with Crippen LogP contribution in [0.25, 0.3) is 0 Å². The molecular weight excluding hydrogens is 452 g/mol. The summed E-state index contributed by atoms with van der Waals surface area (Å²) < 4.78 is 5.49. The summed E-state index contributed by atoms with van der Waals surface area (Å²) in [4.78, 5) is 29.2. The Morgan fingerprint density at radius 2 is 1.64 bits per heavy atom. The maximum Gasteiger partial charge on any atom is 0.410 e. The van der Waals surface area contributed by atoms with Gasteiger partial charge >= 0.3 is 6.09 Å². The molecule has 1 heterocycles. The molecule has 4 rings (SSSR count). The van der Waals surface area contributed by atoms with Crippen LogP contribution in [0.3, 0.4) is 0 Å². The van der Waals surface area contributed by atoms with E-state index < -0.39 is 5.60 Å². The number of piperazine rings is 1. The van der Waals surface area contributed by atoms with Crippen LogP contribution >= 0.6 is 0 Å². The largest absolute Gasteiger partial charge is 0.444 e. The van der Waals surface area contributed by atoms with Gasteiger partial charge in [0.15, 0.2) is 0 Å². The quantitative estimate of drug-likeness (QED) is 0.496. The van der Waals surface area contributed by atoms with Crippen LogP contribution in [0.5, 0.6) is 0 Å². The summed E-state index contributed by atoms with van der Waals surface area (Å²) in [6.07, 6.45) is 7.75. The minimum atomic E-state index is -0.503. The van der Waals surface area contributed by atoms with Crippen LogP contribution in [0.1, 0.15) is 99.8 Å². The summed E-state index contributed by atoms with van der Waals surface area (Å²) in [5.41, 5.74) is 2.81. The smallest absolute Gasteiger partial charge is 0.410 e. The average Bonchev–Trinajstić information content (AvgIpc) is 2.80. The molecule has 3 unspecified atom stereocenters. The first-order chi connectivity index (χ1) is 16.7. The van der Waals surface area contributed by atoms with E-state index in [1.165, 1.54) is 24.8 Å². The number of allylic oxidation sites excluding steroid dienone is 2. The van der Waals surface area contributed by atoms with Crippen molar-refractivity contribution < 1.29 is 19.4 Å². The van der Waals surface area contributed by atoms with Crippen molar-refractivity contribution in [2.75, 3.05) is 26.2 Å². The van der Waals surface area contributed by atoms with Gasteiger partial charge in [0, 0.05) is 32.6 Å². The number of carbonyl (C=O) groups excluding carboxylic acids is 2. The Morgan fingerprint density at radius 1 is 1.00 bits per heavy atom. The molecule has 2 saturated carbocycles. The molecule has 0 aromatic heterocycles. The summed E-state index contributed by atoms with van der Waals surface area (Å²) in [6.45, 7) is 17.2. The molecule has 3 aliphatic carbocycles. The lowest BCUT2D eigenvalue weighted by atomic mass is 9.43. The van der Waals surface area contributed by atoms with E-state index in [9.17, 15) is 14.7 Å². The molecule has 1 saturated heterocycles. The Hall–Kier alpha value is -1.56. The molecule has 1 aliphatic heterocycles. The lowest BCUT2D eigenvalue weighted by Gasteiger charge is -2.62. The maximum absolute atomic E-state index is 13.2. The zero-order chi connectivity index (χ0) is 26.5. The number of ether oxygens (including phenoxy) is 1. The van der Waals surface area contributed by atoms with Gasteiger partial charge in [-0.15, -0.1) is 0 Å². The fourth-order valence-corrected chi connectivity index (χ4v) is 8.29. The fraction of sp³-hybridized carbons (Fsp3) is 0.867. The van der Waals surface area contributed by atoms with E-state index in [-0.39, 0.29) is 28.9 Å². The van der Waals surface area contributed by atoms with E-state index in [1.54, 1.807) is 10.5 Å². The number of hydrogen-bond acceptors (Lipinski definition) is 4. The molecule has 4 aliphatic rings. The molecule has 1 N–H and O–H groups in total. The summed E-state index contributed by atoms with van der Waals surface area (Å²) in [5.74, 6) is 2.03. The number of aliphatic hydroxyl groups is 1. The second kappa shape index (κ2) is 9.96. The van der Waals surface area contributed by atoms with Gasteiger partial charge in [-0.3, -0.25) is 4.79 Å². The van der Waals surface area contributed by atoms with Crippen molar-refractivity contribution in [1.29, 1.82) is 0 Å². The van der Waals surface area contributed by atoms with Crippen molar-refractivity contribution in [1.82, 2.24) is 9.80 Å². The van der Waals surface area contributed by atoms with Crippen LogP contribution in [0, 0.1) is 28.6 Å². The average molecular weight is 503 g/mol. The summed E-state index contributed by atoms with van der Waals surface area (Å²) in [6, 6.07) is 0. The molecule has 0 spiro atoms. The van der Waals surface area contributed by atoms with Gasteiger partial charge in [0.05, 0.1) is 6.10 Å². The number of amides is 2. The van der Waals surface area contributed by atoms with Crippen molar-refractivity contribution in [2.24, 2.45) is 28.6 Å².